The average Bonchev–Trinajstić information content (AvgIpc) is 3.23. The van der Waals surface area contributed by atoms with E-state index >= 15 is 0 Å². The standard InChI is InChI=1S/C28H29FN4O2/c29-23-12-10-21(11-13-23)20-33-26-9-5-4-8-25(26)31-28(33)35-24-14-17-32(18-15-24)19-16-30-27(34)22-6-2-1-3-7-22/h1-13,24H,14-20H2,(H,30,34). The lowest BCUT2D eigenvalue weighted by atomic mass is 10.1. The number of nitrogens with zero attached hydrogens (tertiary/aromatic N) is 3. The first-order valence-electron chi connectivity index (χ1n) is 12.1. The van der Waals surface area contributed by atoms with Gasteiger partial charge in [0.15, 0.2) is 0 Å². The maximum atomic E-state index is 13.4. The second-order valence-corrected chi connectivity index (χ2v) is 8.88. The second-order valence-electron chi connectivity index (χ2n) is 8.88. The summed E-state index contributed by atoms with van der Waals surface area (Å²) in [7, 11) is 0. The van der Waals surface area contributed by atoms with E-state index in [1.54, 1.807) is 12.1 Å². The second kappa shape index (κ2) is 10.7. The highest BCUT2D eigenvalue weighted by Crippen LogP contribution is 2.25. The number of ether oxygens (including phenoxy) is 1. The Kier molecular flexibility index (Phi) is 7.04. The highest BCUT2D eigenvalue weighted by molar-refractivity contribution is 5.94. The zero-order valence-corrected chi connectivity index (χ0v) is 19.6. The molecule has 0 atom stereocenters. The van der Waals surface area contributed by atoms with Gasteiger partial charge in [0.1, 0.15) is 11.9 Å². The van der Waals surface area contributed by atoms with Crippen molar-refractivity contribution in [1.82, 2.24) is 19.8 Å². The monoisotopic (exact) mass is 472 g/mol. The number of imidazole rings is 1. The molecule has 0 bridgehead atoms. The van der Waals surface area contributed by atoms with Crippen LogP contribution in [0.1, 0.15) is 28.8 Å². The van der Waals surface area contributed by atoms with Crippen LogP contribution in [0.4, 0.5) is 4.39 Å². The van der Waals surface area contributed by atoms with Crippen molar-refractivity contribution in [2.24, 2.45) is 0 Å². The molecule has 1 saturated heterocycles. The van der Waals surface area contributed by atoms with E-state index < -0.39 is 0 Å². The van der Waals surface area contributed by atoms with E-state index in [0.717, 1.165) is 49.1 Å². The predicted molar refractivity (Wildman–Crippen MR) is 134 cm³/mol. The molecular formula is C28H29FN4O2. The van der Waals surface area contributed by atoms with Crippen molar-refractivity contribution < 1.29 is 13.9 Å². The summed E-state index contributed by atoms with van der Waals surface area (Å²) in [5.74, 6) is -0.281. The first-order valence-corrected chi connectivity index (χ1v) is 12.1. The molecule has 0 aliphatic carbocycles. The van der Waals surface area contributed by atoms with Gasteiger partial charge in [-0.15, -0.1) is 0 Å². The van der Waals surface area contributed by atoms with Crippen molar-refractivity contribution in [1.29, 1.82) is 0 Å². The molecular weight excluding hydrogens is 443 g/mol. The van der Waals surface area contributed by atoms with Crippen LogP contribution in [0, 0.1) is 5.82 Å². The number of rotatable bonds is 8. The van der Waals surface area contributed by atoms with E-state index in [4.69, 9.17) is 9.72 Å². The van der Waals surface area contributed by atoms with Gasteiger partial charge in [0.25, 0.3) is 11.9 Å². The number of benzene rings is 3. The topological polar surface area (TPSA) is 59.4 Å². The van der Waals surface area contributed by atoms with Gasteiger partial charge in [-0.1, -0.05) is 42.5 Å². The number of piperidine rings is 1. The minimum Gasteiger partial charge on any atom is -0.461 e. The molecule has 1 aliphatic rings. The molecule has 4 aromatic rings. The third-order valence-corrected chi connectivity index (χ3v) is 6.43. The van der Waals surface area contributed by atoms with E-state index in [2.05, 4.69) is 14.8 Å². The SMILES string of the molecule is O=C(NCCN1CCC(Oc2nc3ccccc3n2Cc2ccc(F)cc2)CC1)c1ccccc1. The number of carbonyl (C=O) groups excluding carboxylic acids is 1. The van der Waals surface area contributed by atoms with Gasteiger partial charge < -0.3 is 15.0 Å². The van der Waals surface area contributed by atoms with Gasteiger partial charge in [-0.05, 0) is 54.8 Å². The number of carbonyl (C=O) groups is 1. The third kappa shape index (κ3) is 5.69. The number of aromatic nitrogens is 2. The Balaban J connectivity index is 1.17. The number of para-hydroxylation sites is 2. The van der Waals surface area contributed by atoms with Crippen LogP contribution in [0.3, 0.4) is 0 Å². The molecule has 35 heavy (non-hydrogen) atoms. The molecule has 7 heteroatoms. The number of fused-ring (bicyclic) bond motifs is 1. The Labute approximate surface area is 204 Å². The smallest absolute Gasteiger partial charge is 0.297 e. The lowest BCUT2D eigenvalue weighted by molar-refractivity contribution is 0.0861. The van der Waals surface area contributed by atoms with E-state index in [1.807, 2.05) is 54.6 Å². The Morgan fingerprint density at radius 2 is 1.69 bits per heavy atom. The molecule has 180 valence electrons. The molecule has 1 N–H and O–H groups in total. The van der Waals surface area contributed by atoms with Crippen molar-refractivity contribution in [2.45, 2.75) is 25.5 Å². The zero-order chi connectivity index (χ0) is 24.0. The lowest BCUT2D eigenvalue weighted by Crippen LogP contribution is -2.42. The van der Waals surface area contributed by atoms with Crippen LogP contribution in [-0.2, 0) is 6.54 Å². The highest BCUT2D eigenvalue weighted by atomic mass is 19.1. The van der Waals surface area contributed by atoms with E-state index in [-0.39, 0.29) is 17.8 Å². The molecule has 3 aromatic carbocycles. The number of likely N-dealkylation sites (tertiary alicyclic amines) is 1. The van der Waals surface area contributed by atoms with Crippen molar-refractivity contribution >= 4 is 16.9 Å². The van der Waals surface area contributed by atoms with Crippen molar-refractivity contribution in [3.8, 4) is 6.01 Å². The summed E-state index contributed by atoms with van der Waals surface area (Å²) in [6.45, 7) is 3.81. The lowest BCUT2D eigenvalue weighted by Gasteiger charge is -2.31. The van der Waals surface area contributed by atoms with Crippen LogP contribution in [0.2, 0.25) is 0 Å². The summed E-state index contributed by atoms with van der Waals surface area (Å²) in [4.78, 5) is 19.3. The minimum atomic E-state index is -0.243. The minimum absolute atomic E-state index is 0.0381. The summed E-state index contributed by atoms with van der Waals surface area (Å²) in [5, 5.41) is 3.00. The van der Waals surface area contributed by atoms with Crippen LogP contribution in [0.15, 0.2) is 78.9 Å². The number of halogens is 1. The highest BCUT2D eigenvalue weighted by Gasteiger charge is 2.23. The molecule has 1 aromatic heterocycles. The van der Waals surface area contributed by atoms with Gasteiger partial charge >= 0.3 is 0 Å². The van der Waals surface area contributed by atoms with Gasteiger partial charge in [-0.2, -0.15) is 4.98 Å². The number of hydrogen-bond acceptors (Lipinski definition) is 4. The largest absolute Gasteiger partial charge is 0.461 e. The molecule has 2 heterocycles. The molecule has 0 spiro atoms. The van der Waals surface area contributed by atoms with Crippen LogP contribution in [-0.4, -0.2) is 52.6 Å². The fourth-order valence-corrected chi connectivity index (χ4v) is 4.49. The summed E-state index contributed by atoms with van der Waals surface area (Å²) in [5.41, 5.74) is 3.56. The summed E-state index contributed by atoms with van der Waals surface area (Å²) >= 11 is 0. The van der Waals surface area contributed by atoms with Crippen molar-refractivity contribution in [3.63, 3.8) is 0 Å². The summed E-state index contributed by atoms with van der Waals surface area (Å²) < 4.78 is 21.8. The fraction of sp³-hybridized carbons (Fsp3) is 0.286. The zero-order valence-electron chi connectivity index (χ0n) is 19.6. The maximum absolute atomic E-state index is 13.4. The van der Waals surface area contributed by atoms with Crippen LogP contribution < -0.4 is 10.1 Å². The van der Waals surface area contributed by atoms with Gasteiger partial charge in [-0.25, -0.2) is 4.39 Å². The molecule has 6 nitrogen and oxygen atoms in total. The number of amides is 1. The van der Waals surface area contributed by atoms with Gasteiger partial charge in [-0.3, -0.25) is 9.36 Å². The maximum Gasteiger partial charge on any atom is 0.297 e. The average molecular weight is 473 g/mol. The normalized spacial score (nSPS) is 14.8. The number of hydrogen-bond donors (Lipinski definition) is 1. The predicted octanol–water partition coefficient (Wildman–Crippen LogP) is 4.50. The fourth-order valence-electron chi connectivity index (χ4n) is 4.49. The first-order chi connectivity index (χ1) is 17.2. The first kappa shape index (κ1) is 23.1. The molecule has 0 saturated carbocycles. The van der Waals surface area contributed by atoms with Gasteiger partial charge in [0.2, 0.25) is 0 Å². The molecule has 1 aliphatic heterocycles. The Bertz CT molecular complexity index is 1270. The summed E-state index contributed by atoms with van der Waals surface area (Å²) in [6.07, 6.45) is 1.87. The van der Waals surface area contributed by atoms with Crippen molar-refractivity contribution in [3.05, 3.63) is 95.8 Å². The van der Waals surface area contributed by atoms with Crippen molar-refractivity contribution in [2.75, 3.05) is 26.2 Å². The van der Waals surface area contributed by atoms with E-state index in [9.17, 15) is 9.18 Å². The number of nitrogens with one attached hydrogen (secondary N) is 1. The van der Waals surface area contributed by atoms with E-state index in [1.165, 1.54) is 12.1 Å². The summed E-state index contributed by atoms with van der Waals surface area (Å²) in [6, 6.07) is 24.4. The Hall–Kier alpha value is -3.71. The van der Waals surface area contributed by atoms with Crippen LogP contribution in [0.25, 0.3) is 11.0 Å². The molecule has 0 radical (unpaired) electrons. The van der Waals surface area contributed by atoms with E-state index in [0.29, 0.717) is 24.7 Å². The Morgan fingerprint density at radius 1 is 0.971 bits per heavy atom. The molecule has 5 rings (SSSR count). The van der Waals surface area contributed by atoms with Gasteiger partial charge in [0, 0.05) is 31.7 Å². The molecule has 0 unspecified atom stereocenters. The third-order valence-electron chi connectivity index (χ3n) is 6.43. The molecule has 1 amide bonds. The molecule has 1 fully saturated rings. The quantitative estimate of drug-likeness (QED) is 0.410. The van der Waals surface area contributed by atoms with Crippen LogP contribution >= 0.6 is 0 Å². The van der Waals surface area contributed by atoms with Gasteiger partial charge in [0.05, 0.1) is 17.6 Å². The van der Waals surface area contributed by atoms with Crippen LogP contribution in [0.5, 0.6) is 6.01 Å². The Morgan fingerprint density at radius 3 is 2.46 bits per heavy atom.